The molecule has 2 aromatic rings. The average molecular weight is 477 g/mol. The summed E-state index contributed by atoms with van der Waals surface area (Å²) in [6, 6.07) is 14.1. The van der Waals surface area contributed by atoms with E-state index in [1.807, 2.05) is 17.0 Å². The van der Waals surface area contributed by atoms with Crippen LogP contribution in [-0.4, -0.2) is 69.8 Å². The second-order valence-electron chi connectivity index (χ2n) is 10.2. The van der Waals surface area contributed by atoms with E-state index in [9.17, 15) is 19.4 Å². The molecule has 1 amide bonds. The molecule has 5 rings (SSSR count). The fourth-order valence-corrected chi connectivity index (χ4v) is 5.99. The number of aliphatic hydroxyl groups excluding tert-OH is 1. The molecule has 3 atom stereocenters. The van der Waals surface area contributed by atoms with Gasteiger partial charge in [0, 0.05) is 42.2 Å². The Bertz CT molecular complexity index is 1120. The molecule has 2 N–H and O–H groups in total. The van der Waals surface area contributed by atoms with Crippen LogP contribution in [0.1, 0.15) is 65.9 Å². The molecule has 3 fully saturated rings. The van der Waals surface area contributed by atoms with Gasteiger partial charge in [-0.3, -0.25) is 9.69 Å². The Morgan fingerprint density at radius 3 is 2.51 bits per heavy atom. The van der Waals surface area contributed by atoms with E-state index in [1.54, 1.807) is 12.1 Å². The van der Waals surface area contributed by atoms with Crippen LogP contribution < -0.4 is 0 Å². The van der Waals surface area contributed by atoms with E-state index >= 15 is 0 Å². The van der Waals surface area contributed by atoms with Gasteiger partial charge in [0.1, 0.15) is 11.4 Å². The van der Waals surface area contributed by atoms with Crippen molar-refractivity contribution in [3.05, 3.63) is 71.0 Å². The molecule has 0 aromatic heterocycles. The van der Waals surface area contributed by atoms with E-state index in [-0.39, 0.29) is 30.5 Å². The number of halogens is 1. The Morgan fingerprint density at radius 2 is 1.80 bits per heavy atom. The SMILES string of the molecule is O=C(c1cccc(F)c1)N1CCCCN2[C@H](CO)[C@H](c3ccc(C#CC4(O)CCCC4)cc3)[C@H]2C1. The molecule has 3 aliphatic rings. The number of nitrogens with zero attached hydrogens (tertiary/aromatic N) is 2. The molecule has 0 radical (unpaired) electrons. The van der Waals surface area contributed by atoms with Crippen molar-refractivity contribution in [2.75, 3.05) is 26.2 Å². The molecule has 184 valence electrons. The zero-order valence-electron chi connectivity index (χ0n) is 20.0. The van der Waals surface area contributed by atoms with Gasteiger partial charge in [0.15, 0.2) is 0 Å². The zero-order valence-corrected chi connectivity index (χ0v) is 20.0. The maximum atomic E-state index is 13.7. The number of hydrogen-bond donors (Lipinski definition) is 2. The predicted octanol–water partition coefficient (Wildman–Crippen LogP) is 3.55. The second-order valence-corrected chi connectivity index (χ2v) is 10.2. The number of amides is 1. The third-order valence-corrected chi connectivity index (χ3v) is 7.89. The van der Waals surface area contributed by atoms with Crippen molar-refractivity contribution in [3.63, 3.8) is 0 Å². The van der Waals surface area contributed by atoms with Crippen molar-refractivity contribution in [2.45, 2.75) is 62.1 Å². The Morgan fingerprint density at radius 1 is 1.06 bits per heavy atom. The molecule has 2 aromatic carbocycles. The third-order valence-electron chi connectivity index (χ3n) is 7.89. The van der Waals surface area contributed by atoms with E-state index in [0.29, 0.717) is 18.7 Å². The largest absolute Gasteiger partial charge is 0.395 e. The Labute approximate surface area is 206 Å². The van der Waals surface area contributed by atoms with E-state index in [1.165, 1.54) is 12.1 Å². The monoisotopic (exact) mass is 476 g/mol. The number of fused-ring (bicyclic) bond motifs is 1. The number of aliphatic hydroxyl groups is 2. The predicted molar refractivity (Wildman–Crippen MR) is 132 cm³/mol. The summed E-state index contributed by atoms with van der Waals surface area (Å²) in [6.07, 6.45) is 5.34. The molecule has 35 heavy (non-hydrogen) atoms. The fourth-order valence-electron chi connectivity index (χ4n) is 5.99. The first kappa shape index (κ1) is 24.0. The molecule has 0 unspecified atom stereocenters. The lowest BCUT2D eigenvalue weighted by Crippen LogP contribution is -2.67. The van der Waals surface area contributed by atoms with Gasteiger partial charge in [0.2, 0.25) is 0 Å². The highest BCUT2D eigenvalue weighted by atomic mass is 19.1. The summed E-state index contributed by atoms with van der Waals surface area (Å²) in [5.41, 5.74) is 1.50. The van der Waals surface area contributed by atoms with Gasteiger partial charge in [-0.1, -0.05) is 30.0 Å². The minimum absolute atomic E-state index is 0.0142. The normalized spacial score (nSPS) is 26.0. The van der Waals surface area contributed by atoms with E-state index in [0.717, 1.165) is 56.2 Å². The van der Waals surface area contributed by atoms with E-state index < -0.39 is 11.4 Å². The average Bonchev–Trinajstić information content (AvgIpc) is 3.29. The van der Waals surface area contributed by atoms with Crippen LogP contribution in [0.4, 0.5) is 4.39 Å². The molecule has 0 bridgehead atoms. The van der Waals surface area contributed by atoms with Gasteiger partial charge < -0.3 is 15.1 Å². The summed E-state index contributed by atoms with van der Waals surface area (Å²) >= 11 is 0. The minimum atomic E-state index is -0.856. The van der Waals surface area contributed by atoms with Crippen LogP contribution in [0.5, 0.6) is 0 Å². The lowest BCUT2D eigenvalue weighted by atomic mass is 9.74. The summed E-state index contributed by atoms with van der Waals surface area (Å²) in [6.45, 7) is 2.16. The highest BCUT2D eigenvalue weighted by Crippen LogP contribution is 2.42. The zero-order chi connectivity index (χ0) is 24.4. The number of hydrogen-bond acceptors (Lipinski definition) is 4. The van der Waals surface area contributed by atoms with Gasteiger partial charge in [0.05, 0.1) is 6.61 Å². The van der Waals surface area contributed by atoms with Gasteiger partial charge in [0.25, 0.3) is 5.91 Å². The molecule has 6 heteroatoms. The lowest BCUT2D eigenvalue weighted by molar-refractivity contribution is -0.0606. The molecular formula is C29H33FN2O3. The lowest BCUT2D eigenvalue weighted by Gasteiger charge is -2.57. The van der Waals surface area contributed by atoms with Gasteiger partial charge in [-0.05, 0) is 81.0 Å². The van der Waals surface area contributed by atoms with Crippen LogP contribution >= 0.6 is 0 Å². The van der Waals surface area contributed by atoms with Crippen LogP contribution in [0.15, 0.2) is 48.5 Å². The number of rotatable bonds is 3. The maximum Gasteiger partial charge on any atom is 0.254 e. The first-order chi connectivity index (χ1) is 17.0. The van der Waals surface area contributed by atoms with Crippen LogP contribution in [0, 0.1) is 17.7 Å². The highest BCUT2D eigenvalue weighted by molar-refractivity contribution is 5.94. The van der Waals surface area contributed by atoms with Crippen LogP contribution in [0.2, 0.25) is 0 Å². The number of carbonyl (C=O) groups excluding carboxylic acids is 1. The van der Waals surface area contributed by atoms with Gasteiger partial charge in [-0.2, -0.15) is 0 Å². The highest BCUT2D eigenvalue weighted by Gasteiger charge is 2.49. The summed E-state index contributed by atoms with van der Waals surface area (Å²) in [5, 5.41) is 20.7. The molecule has 2 aliphatic heterocycles. The number of benzene rings is 2. The van der Waals surface area contributed by atoms with Crippen LogP contribution in [-0.2, 0) is 0 Å². The first-order valence-electron chi connectivity index (χ1n) is 12.7. The van der Waals surface area contributed by atoms with Crippen molar-refractivity contribution in [2.24, 2.45) is 0 Å². The first-order valence-corrected chi connectivity index (χ1v) is 12.7. The van der Waals surface area contributed by atoms with Crippen molar-refractivity contribution >= 4 is 5.91 Å². The third kappa shape index (κ3) is 4.99. The smallest absolute Gasteiger partial charge is 0.254 e. The van der Waals surface area contributed by atoms with Crippen molar-refractivity contribution in [1.82, 2.24) is 9.80 Å². The Hall–Kier alpha value is -2.72. The number of carbonyl (C=O) groups is 1. The van der Waals surface area contributed by atoms with Gasteiger partial charge in [-0.25, -0.2) is 4.39 Å². The van der Waals surface area contributed by atoms with Crippen LogP contribution in [0.3, 0.4) is 0 Å². The molecular weight excluding hydrogens is 443 g/mol. The van der Waals surface area contributed by atoms with Gasteiger partial charge in [-0.15, -0.1) is 0 Å². The molecule has 1 aliphatic carbocycles. The molecule has 2 heterocycles. The molecule has 0 spiro atoms. The fraction of sp³-hybridized carbons (Fsp3) is 0.483. The van der Waals surface area contributed by atoms with E-state index in [4.69, 9.17) is 0 Å². The Kier molecular flexibility index (Phi) is 6.93. The maximum absolute atomic E-state index is 13.7. The summed E-state index contributed by atoms with van der Waals surface area (Å²) in [7, 11) is 0. The van der Waals surface area contributed by atoms with Crippen molar-refractivity contribution in [3.8, 4) is 11.8 Å². The van der Waals surface area contributed by atoms with E-state index in [2.05, 4.69) is 28.9 Å². The van der Waals surface area contributed by atoms with Crippen molar-refractivity contribution in [1.29, 1.82) is 0 Å². The summed E-state index contributed by atoms with van der Waals surface area (Å²) in [4.78, 5) is 17.4. The van der Waals surface area contributed by atoms with Crippen molar-refractivity contribution < 1.29 is 19.4 Å². The molecule has 5 nitrogen and oxygen atoms in total. The molecule has 2 saturated heterocycles. The second kappa shape index (κ2) is 10.1. The van der Waals surface area contributed by atoms with Gasteiger partial charge >= 0.3 is 0 Å². The summed E-state index contributed by atoms with van der Waals surface area (Å²) < 4.78 is 13.7. The Balaban J connectivity index is 1.35. The summed E-state index contributed by atoms with van der Waals surface area (Å²) in [5.74, 6) is 5.73. The van der Waals surface area contributed by atoms with Crippen LogP contribution in [0.25, 0.3) is 0 Å². The topological polar surface area (TPSA) is 64.0 Å². The minimum Gasteiger partial charge on any atom is -0.395 e. The quantitative estimate of drug-likeness (QED) is 0.666. The standard InChI is InChI=1S/C29H33FN2O3/c30-24-7-5-6-23(18-24)28(34)31-16-3-4-17-32-25(19-31)27(26(32)20-33)22-10-8-21(9-11-22)12-15-29(35)13-1-2-14-29/h5-11,18,25-27,33,35H,1-4,13-14,16-17,19-20H2/t25-,26-,27-/m1/s1. The molecule has 1 saturated carbocycles.